The second kappa shape index (κ2) is 8.05. The van der Waals surface area contributed by atoms with Crippen LogP contribution in [0.3, 0.4) is 0 Å². The molecular formula is C16H18INO4S. The van der Waals surface area contributed by atoms with Gasteiger partial charge in [-0.2, -0.15) is 0 Å². The van der Waals surface area contributed by atoms with E-state index in [1.807, 2.05) is 36.4 Å². The fourth-order valence-electron chi connectivity index (χ4n) is 2.10. The van der Waals surface area contributed by atoms with Gasteiger partial charge in [-0.3, -0.25) is 14.5 Å². The van der Waals surface area contributed by atoms with E-state index >= 15 is 0 Å². The van der Waals surface area contributed by atoms with Crippen LogP contribution in [0, 0.1) is 3.57 Å². The Hall–Kier alpha value is -1.22. The number of amides is 2. The first-order valence-electron chi connectivity index (χ1n) is 7.38. The molecule has 124 valence electrons. The normalized spacial score (nSPS) is 16.5. The third-order valence-corrected chi connectivity index (χ3v) is 4.99. The summed E-state index contributed by atoms with van der Waals surface area (Å²) in [5.41, 5.74) is 0.719. The third kappa shape index (κ3) is 4.20. The number of unbranched alkanes of at least 4 members (excludes halogenated alkanes) is 1. The van der Waals surface area contributed by atoms with Crippen LogP contribution in [0.25, 0.3) is 6.08 Å². The SMILES string of the molecule is CCCCN1C(=O)S/C(=C\c2cc(I)c(O)c(OCC)c2)C1=O. The van der Waals surface area contributed by atoms with E-state index in [1.165, 1.54) is 4.90 Å². The minimum atomic E-state index is -0.255. The number of phenols is 1. The number of hydrogen-bond donors (Lipinski definition) is 1. The standard InChI is InChI=1S/C16H18INO4S/c1-3-5-6-18-15(20)13(23-16(18)21)9-10-7-11(17)14(19)12(8-10)22-4-2/h7-9,19H,3-6H2,1-2H3/b13-9-. The van der Waals surface area contributed by atoms with Gasteiger partial charge in [0.1, 0.15) is 0 Å². The van der Waals surface area contributed by atoms with Crippen molar-refractivity contribution in [3.8, 4) is 11.5 Å². The number of benzene rings is 1. The number of aromatic hydroxyl groups is 1. The second-order valence-electron chi connectivity index (χ2n) is 4.97. The fraction of sp³-hybridized carbons (Fsp3) is 0.375. The van der Waals surface area contributed by atoms with Crippen molar-refractivity contribution in [3.05, 3.63) is 26.2 Å². The molecular weight excluding hydrogens is 429 g/mol. The Kier molecular flexibility index (Phi) is 6.34. The Bertz CT molecular complexity index is 660. The van der Waals surface area contributed by atoms with Crippen LogP contribution in [0.15, 0.2) is 17.0 Å². The van der Waals surface area contributed by atoms with Gasteiger partial charge in [-0.1, -0.05) is 13.3 Å². The van der Waals surface area contributed by atoms with Crippen molar-refractivity contribution in [3.63, 3.8) is 0 Å². The Morgan fingerprint density at radius 1 is 1.35 bits per heavy atom. The Morgan fingerprint density at radius 3 is 2.74 bits per heavy atom. The van der Waals surface area contributed by atoms with Crippen molar-refractivity contribution >= 4 is 51.6 Å². The minimum absolute atomic E-state index is 0.0839. The van der Waals surface area contributed by atoms with Crippen LogP contribution in [0.5, 0.6) is 11.5 Å². The maximum atomic E-state index is 12.3. The van der Waals surface area contributed by atoms with Crippen LogP contribution in [-0.2, 0) is 4.79 Å². The molecule has 0 aliphatic carbocycles. The third-order valence-electron chi connectivity index (χ3n) is 3.26. The van der Waals surface area contributed by atoms with E-state index in [0.29, 0.717) is 27.4 Å². The van der Waals surface area contributed by atoms with E-state index in [2.05, 4.69) is 0 Å². The topological polar surface area (TPSA) is 66.8 Å². The minimum Gasteiger partial charge on any atom is -0.504 e. The van der Waals surface area contributed by atoms with E-state index < -0.39 is 0 Å². The fourth-order valence-corrected chi connectivity index (χ4v) is 3.59. The summed E-state index contributed by atoms with van der Waals surface area (Å²) in [6, 6.07) is 3.42. The van der Waals surface area contributed by atoms with Gasteiger partial charge in [0.05, 0.1) is 15.1 Å². The molecule has 1 aromatic rings. The van der Waals surface area contributed by atoms with E-state index in [0.717, 1.165) is 30.2 Å². The van der Waals surface area contributed by atoms with Gasteiger partial charge < -0.3 is 9.84 Å². The van der Waals surface area contributed by atoms with Gasteiger partial charge >= 0.3 is 0 Å². The largest absolute Gasteiger partial charge is 0.504 e. The van der Waals surface area contributed by atoms with Crippen molar-refractivity contribution in [1.82, 2.24) is 4.90 Å². The number of carbonyl (C=O) groups is 2. The zero-order valence-electron chi connectivity index (χ0n) is 13.0. The zero-order valence-corrected chi connectivity index (χ0v) is 15.9. The predicted octanol–water partition coefficient (Wildman–Crippen LogP) is 4.23. The van der Waals surface area contributed by atoms with Gasteiger partial charge in [0, 0.05) is 6.54 Å². The highest BCUT2D eigenvalue weighted by Gasteiger charge is 2.34. The van der Waals surface area contributed by atoms with Gasteiger partial charge in [-0.05, 0) is 71.5 Å². The maximum absolute atomic E-state index is 12.3. The molecule has 1 aliphatic heterocycles. The number of hydrogen-bond acceptors (Lipinski definition) is 5. The van der Waals surface area contributed by atoms with Crippen LogP contribution in [0.4, 0.5) is 4.79 Å². The molecule has 23 heavy (non-hydrogen) atoms. The van der Waals surface area contributed by atoms with Crippen LogP contribution in [0.2, 0.25) is 0 Å². The first-order chi connectivity index (χ1) is 11.0. The highest BCUT2D eigenvalue weighted by molar-refractivity contribution is 14.1. The molecule has 2 amide bonds. The zero-order chi connectivity index (χ0) is 17.0. The van der Waals surface area contributed by atoms with Crippen molar-refractivity contribution in [2.24, 2.45) is 0 Å². The molecule has 0 spiro atoms. The lowest BCUT2D eigenvalue weighted by Crippen LogP contribution is -2.29. The molecule has 1 heterocycles. The molecule has 0 radical (unpaired) electrons. The van der Waals surface area contributed by atoms with E-state index in [4.69, 9.17) is 4.74 Å². The summed E-state index contributed by atoms with van der Waals surface area (Å²) < 4.78 is 6.02. The lowest BCUT2D eigenvalue weighted by atomic mass is 10.2. The maximum Gasteiger partial charge on any atom is 0.293 e. The quantitative estimate of drug-likeness (QED) is 0.522. The first-order valence-corrected chi connectivity index (χ1v) is 9.28. The number of thioether (sulfide) groups is 1. The van der Waals surface area contributed by atoms with Crippen LogP contribution in [0.1, 0.15) is 32.3 Å². The summed E-state index contributed by atoms with van der Waals surface area (Å²) in [6.45, 7) is 4.73. The molecule has 0 aromatic heterocycles. The number of rotatable bonds is 6. The molecule has 1 saturated heterocycles. The summed E-state index contributed by atoms with van der Waals surface area (Å²) in [6.07, 6.45) is 3.40. The first kappa shape index (κ1) is 18.1. The van der Waals surface area contributed by atoms with Gasteiger partial charge in [-0.25, -0.2) is 0 Å². The molecule has 0 atom stereocenters. The van der Waals surface area contributed by atoms with Gasteiger partial charge in [0.25, 0.3) is 11.1 Å². The van der Waals surface area contributed by atoms with E-state index in [-0.39, 0.29) is 16.9 Å². The Morgan fingerprint density at radius 2 is 2.09 bits per heavy atom. The number of phenolic OH excluding ortho intramolecular Hbond substituents is 1. The molecule has 1 fully saturated rings. The van der Waals surface area contributed by atoms with E-state index in [9.17, 15) is 14.7 Å². The van der Waals surface area contributed by atoms with Crippen molar-refractivity contribution < 1.29 is 19.4 Å². The highest BCUT2D eigenvalue weighted by atomic mass is 127. The summed E-state index contributed by atoms with van der Waals surface area (Å²) in [4.78, 5) is 25.9. The summed E-state index contributed by atoms with van der Waals surface area (Å²) in [5, 5.41) is 9.73. The average Bonchev–Trinajstić information content (AvgIpc) is 2.77. The van der Waals surface area contributed by atoms with Gasteiger partial charge in [-0.15, -0.1) is 0 Å². The predicted molar refractivity (Wildman–Crippen MR) is 99.6 cm³/mol. The second-order valence-corrected chi connectivity index (χ2v) is 7.12. The molecule has 0 saturated carbocycles. The van der Waals surface area contributed by atoms with Crippen LogP contribution < -0.4 is 4.74 Å². The molecule has 0 bridgehead atoms. The summed E-state index contributed by atoms with van der Waals surface area (Å²) >= 11 is 2.95. The molecule has 2 rings (SSSR count). The number of imide groups is 1. The van der Waals surface area contributed by atoms with Crippen molar-refractivity contribution in [2.75, 3.05) is 13.2 Å². The Balaban J connectivity index is 2.28. The lowest BCUT2D eigenvalue weighted by molar-refractivity contribution is -0.122. The van der Waals surface area contributed by atoms with Gasteiger partial charge in [0.15, 0.2) is 11.5 Å². The molecule has 1 aliphatic rings. The highest BCUT2D eigenvalue weighted by Crippen LogP contribution is 2.36. The molecule has 1 aromatic carbocycles. The monoisotopic (exact) mass is 447 g/mol. The van der Waals surface area contributed by atoms with Crippen molar-refractivity contribution in [1.29, 1.82) is 0 Å². The van der Waals surface area contributed by atoms with Crippen molar-refractivity contribution in [2.45, 2.75) is 26.7 Å². The molecule has 7 heteroatoms. The van der Waals surface area contributed by atoms with E-state index in [1.54, 1.807) is 18.2 Å². The number of nitrogens with zero attached hydrogens (tertiary/aromatic N) is 1. The van der Waals surface area contributed by atoms with Crippen LogP contribution >= 0.6 is 34.4 Å². The lowest BCUT2D eigenvalue weighted by Gasteiger charge is -2.11. The smallest absolute Gasteiger partial charge is 0.293 e. The Labute approximate surface area is 153 Å². The average molecular weight is 447 g/mol. The molecule has 1 N–H and O–H groups in total. The van der Waals surface area contributed by atoms with Gasteiger partial charge in [0.2, 0.25) is 0 Å². The summed E-state index contributed by atoms with van der Waals surface area (Å²) in [7, 11) is 0. The number of ether oxygens (including phenoxy) is 1. The molecule has 5 nitrogen and oxygen atoms in total. The molecule has 0 unspecified atom stereocenters. The number of halogens is 1. The number of carbonyl (C=O) groups excluding carboxylic acids is 2. The summed E-state index contributed by atoms with van der Waals surface area (Å²) in [5.74, 6) is 0.200. The van der Waals surface area contributed by atoms with Crippen LogP contribution in [-0.4, -0.2) is 34.3 Å².